The third-order valence-electron chi connectivity index (χ3n) is 1.53. The minimum Gasteiger partial charge on any atom is -0.503 e. The molecule has 0 aliphatic heterocycles. The van der Waals surface area contributed by atoms with Gasteiger partial charge in [0, 0.05) is 0 Å². The van der Waals surface area contributed by atoms with Gasteiger partial charge in [0.1, 0.15) is 0 Å². The molecule has 92 valence electrons. The zero-order valence-corrected chi connectivity index (χ0v) is 7.76. The lowest BCUT2D eigenvalue weighted by Crippen LogP contribution is -2.18. The van der Waals surface area contributed by atoms with Crippen LogP contribution in [-0.2, 0) is 0 Å². The quantitative estimate of drug-likeness (QED) is 0.495. The second-order valence-corrected chi connectivity index (χ2v) is 2.63. The first-order valence-corrected chi connectivity index (χ1v) is 3.83. The van der Waals surface area contributed by atoms with Crippen molar-refractivity contribution in [2.45, 2.75) is 6.36 Å². The van der Waals surface area contributed by atoms with Crippen molar-refractivity contribution in [2.75, 3.05) is 0 Å². The fraction of sp³-hybridized carbons (Fsp3) is 0.143. The lowest BCUT2D eigenvalue weighted by Gasteiger charge is -2.10. The Bertz CT molecular complexity index is 473. The molecule has 1 N–H and O–H groups in total. The standard InChI is InChI=1S/C7H3F3N2O5/c8-7(9,10)17-6-4(14)1-11-3(2-13)5(6)12(15)16/h1-2,14H. The fourth-order valence-electron chi connectivity index (χ4n) is 0.967. The highest BCUT2D eigenvalue weighted by Gasteiger charge is 2.38. The zero-order chi connectivity index (χ0) is 13.2. The minimum atomic E-state index is -5.25. The molecular formula is C7H3F3N2O5. The van der Waals surface area contributed by atoms with Crippen LogP contribution in [0.3, 0.4) is 0 Å². The summed E-state index contributed by atoms with van der Waals surface area (Å²) >= 11 is 0. The smallest absolute Gasteiger partial charge is 0.503 e. The van der Waals surface area contributed by atoms with Gasteiger partial charge in [-0.15, -0.1) is 13.2 Å². The molecule has 1 heterocycles. The summed E-state index contributed by atoms with van der Waals surface area (Å²) in [7, 11) is 0. The number of hydrogen-bond acceptors (Lipinski definition) is 6. The van der Waals surface area contributed by atoms with Crippen LogP contribution in [0.5, 0.6) is 11.5 Å². The molecule has 0 saturated heterocycles. The number of aldehydes is 1. The fourth-order valence-corrected chi connectivity index (χ4v) is 0.967. The highest BCUT2D eigenvalue weighted by Crippen LogP contribution is 2.40. The van der Waals surface area contributed by atoms with E-state index in [4.69, 9.17) is 5.11 Å². The van der Waals surface area contributed by atoms with Crippen LogP contribution in [0.1, 0.15) is 10.5 Å². The van der Waals surface area contributed by atoms with Crippen molar-refractivity contribution < 1.29 is 32.7 Å². The molecule has 0 saturated carbocycles. The highest BCUT2D eigenvalue weighted by atomic mass is 19.4. The SMILES string of the molecule is O=Cc1ncc(O)c(OC(F)(F)F)c1[N+](=O)[O-]. The van der Waals surface area contributed by atoms with Crippen LogP contribution in [0, 0.1) is 10.1 Å². The van der Waals surface area contributed by atoms with Crippen molar-refractivity contribution in [2.24, 2.45) is 0 Å². The number of nitrogens with zero attached hydrogens (tertiary/aromatic N) is 2. The second-order valence-electron chi connectivity index (χ2n) is 2.63. The normalized spacial score (nSPS) is 11.0. The van der Waals surface area contributed by atoms with E-state index in [0.717, 1.165) is 0 Å². The first-order valence-electron chi connectivity index (χ1n) is 3.83. The van der Waals surface area contributed by atoms with Gasteiger partial charge < -0.3 is 9.84 Å². The molecule has 1 aromatic rings. The first-order chi connectivity index (χ1) is 7.76. The Morgan fingerprint density at radius 2 is 2.12 bits per heavy atom. The summed E-state index contributed by atoms with van der Waals surface area (Å²) in [6, 6.07) is 0. The Morgan fingerprint density at radius 1 is 1.53 bits per heavy atom. The van der Waals surface area contributed by atoms with Crippen LogP contribution in [0.25, 0.3) is 0 Å². The number of hydrogen-bond donors (Lipinski definition) is 1. The van der Waals surface area contributed by atoms with Crippen molar-refractivity contribution in [3.8, 4) is 11.5 Å². The van der Waals surface area contributed by atoms with Gasteiger partial charge in [0.15, 0.2) is 17.7 Å². The van der Waals surface area contributed by atoms with Crippen LogP contribution >= 0.6 is 0 Å². The molecule has 0 spiro atoms. The first kappa shape index (κ1) is 12.7. The molecule has 0 atom stereocenters. The number of rotatable bonds is 3. The van der Waals surface area contributed by atoms with Crippen LogP contribution in [-0.4, -0.2) is 27.7 Å². The maximum atomic E-state index is 11.9. The third kappa shape index (κ3) is 2.80. The van der Waals surface area contributed by atoms with Gasteiger partial charge in [-0.1, -0.05) is 0 Å². The molecule has 7 nitrogen and oxygen atoms in total. The number of pyridine rings is 1. The lowest BCUT2D eigenvalue weighted by atomic mass is 10.3. The number of halogens is 3. The van der Waals surface area contributed by atoms with Gasteiger partial charge in [0.25, 0.3) is 5.75 Å². The average molecular weight is 252 g/mol. The number of nitro groups is 1. The third-order valence-corrected chi connectivity index (χ3v) is 1.53. The van der Waals surface area contributed by atoms with E-state index in [1.807, 2.05) is 0 Å². The molecule has 0 unspecified atom stereocenters. The topological polar surface area (TPSA) is 103 Å². The number of aromatic nitrogens is 1. The van der Waals surface area contributed by atoms with Crippen LogP contribution in [0.4, 0.5) is 18.9 Å². The average Bonchev–Trinajstić information content (AvgIpc) is 2.18. The predicted molar refractivity (Wildman–Crippen MR) is 44.6 cm³/mol. The van der Waals surface area contributed by atoms with Gasteiger partial charge in [0.2, 0.25) is 0 Å². The molecule has 0 bridgehead atoms. The Hall–Kier alpha value is -2.39. The van der Waals surface area contributed by atoms with E-state index < -0.39 is 34.2 Å². The van der Waals surface area contributed by atoms with Crippen molar-refractivity contribution in [1.29, 1.82) is 0 Å². The van der Waals surface area contributed by atoms with E-state index in [-0.39, 0.29) is 6.29 Å². The van der Waals surface area contributed by atoms with Crippen molar-refractivity contribution in [1.82, 2.24) is 4.98 Å². The van der Waals surface area contributed by atoms with Crippen LogP contribution in [0.15, 0.2) is 6.20 Å². The Morgan fingerprint density at radius 3 is 2.53 bits per heavy atom. The molecule has 1 rings (SSSR count). The highest BCUT2D eigenvalue weighted by molar-refractivity contribution is 5.81. The van der Waals surface area contributed by atoms with Gasteiger partial charge in [0.05, 0.1) is 11.1 Å². The molecule has 10 heteroatoms. The van der Waals surface area contributed by atoms with E-state index in [2.05, 4.69) is 9.72 Å². The summed E-state index contributed by atoms with van der Waals surface area (Å²) < 4.78 is 39.1. The van der Waals surface area contributed by atoms with Gasteiger partial charge >= 0.3 is 12.0 Å². The van der Waals surface area contributed by atoms with Gasteiger partial charge in [-0.3, -0.25) is 14.9 Å². The summed E-state index contributed by atoms with van der Waals surface area (Å²) in [5.41, 5.74) is -2.23. The lowest BCUT2D eigenvalue weighted by molar-refractivity contribution is -0.389. The molecule has 0 fully saturated rings. The number of carbonyl (C=O) groups is 1. The molecule has 0 aliphatic carbocycles. The molecule has 0 aromatic carbocycles. The van der Waals surface area contributed by atoms with Crippen molar-refractivity contribution >= 4 is 12.0 Å². The van der Waals surface area contributed by atoms with E-state index in [1.165, 1.54) is 0 Å². The van der Waals surface area contributed by atoms with Gasteiger partial charge in [-0.25, -0.2) is 4.98 Å². The minimum absolute atomic E-state index is 0.124. The maximum absolute atomic E-state index is 11.9. The predicted octanol–water partition coefficient (Wildman–Crippen LogP) is 1.41. The van der Waals surface area contributed by atoms with Crippen molar-refractivity contribution in [3.63, 3.8) is 0 Å². The summed E-state index contributed by atoms with van der Waals surface area (Å²) in [5.74, 6) is -2.67. The van der Waals surface area contributed by atoms with E-state index in [9.17, 15) is 28.1 Å². The summed E-state index contributed by atoms with van der Waals surface area (Å²) in [6.07, 6.45) is -4.93. The Kier molecular flexibility index (Phi) is 3.16. The molecule has 0 amide bonds. The molecule has 0 aliphatic rings. The monoisotopic (exact) mass is 252 g/mol. The second kappa shape index (κ2) is 4.23. The largest absolute Gasteiger partial charge is 0.573 e. The molecule has 0 radical (unpaired) electrons. The number of alkyl halides is 3. The van der Waals surface area contributed by atoms with Gasteiger partial charge in [-0.2, -0.15) is 0 Å². The number of carbonyl (C=O) groups excluding carboxylic acids is 1. The van der Waals surface area contributed by atoms with Gasteiger partial charge in [-0.05, 0) is 0 Å². The molecule has 17 heavy (non-hydrogen) atoms. The summed E-state index contributed by atoms with van der Waals surface area (Å²) in [4.78, 5) is 22.7. The van der Waals surface area contributed by atoms with Crippen molar-refractivity contribution in [3.05, 3.63) is 22.0 Å². The van der Waals surface area contributed by atoms with E-state index in [0.29, 0.717) is 6.20 Å². The molecule has 1 aromatic heterocycles. The van der Waals surface area contributed by atoms with Crippen LogP contribution < -0.4 is 4.74 Å². The zero-order valence-electron chi connectivity index (χ0n) is 7.76. The van der Waals surface area contributed by atoms with E-state index in [1.54, 1.807) is 0 Å². The Balaban J connectivity index is 3.44. The number of aromatic hydroxyl groups is 1. The summed E-state index contributed by atoms with van der Waals surface area (Å²) in [5, 5.41) is 19.5. The Labute approximate surface area is 90.6 Å². The van der Waals surface area contributed by atoms with E-state index >= 15 is 0 Å². The number of ether oxygens (including phenoxy) is 1. The summed E-state index contributed by atoms with van der Waals surface area (Å²) in [6.45, 7) is 0. The maximum Gasteiger partial charge on any atom is 0.573 e. The molecular weight excluding hydrogens is 249 g/mol. The van der Waals surface area contributed by atoms with Crippen LogP contribution in [0.2, 0.25) is 0 Å².